The van der Waals surface area contributed by atoms with E-state index in [1.54, 1.807) is 4.90 Å². The Morgan fingerprint density at radius 3 is 1.33 bits per heavy atom. The summed E-state index contributed by atoms with van der Waals surface area (Å²) in [4.78, 5) is 39.1. The first kappa shape index (κ1) is 49.8. The maximum Gasteiger partial charge on any atom is 0.251 e. The maximum absolute atomic E-state index is 13.1. The van der Waals surface area contributed by atoms with Gasteiger partial charge in [0.1, 0.15) is 36.6 Å². The van der Waals surface area contributed by atoms with Crippen LogP contribution in [0.25, 0.3) is 0 Å². The van der Waals surface area contributed by atoms with Gasteiger partial charge in [0.25, 0.3) is 11.8 Å². The lowest BCUT2D eigenvalue weighted by Crippen LogP contribution is -2.52. The van der Waals surface area contributed by atoms with Gasteiger partial charge in [-0.25, -0.2) is 0 Å². The van der Waals surface area contributed by atoms with Gasteiger partial charge in [0, 0.05) is 32.6 Å². The van der Waals surface area contributed by atoms with Crippen LogP contribution in [0.5, 0.6) is 0 Å². The molecular formula is C36H69N3O13. The second-order valence-corrected chi connectivity index (χ2v) is 13.4. The molecule has 0 aromatic heterocycles. The van der Waals surface area contributed by atoms with Crippen molar-refractivity contribution in [3.63, 3.8) is 0 Å². The molecule has 0 aliphatic heterocycles. The van der Waals surface area contributed by atoms with E-state index in [1.165, 1.54) is 38.5 Å². The number of allylic oxidation sites excluding steroid dienone is 2. The van der Waals surface area contributed by atoms with Crippen molar-refractivity contribution in [2.75, 3.05) is 39.4 Å². The molecule has 0 fully saturated rings. The molecule has 0 rings (SSSR count). The van der Waals surface area contributed by atoms with Crippen molar-refractivity contribution in [2.24, 2.45) is 0 Å². The molecule has 12 N–H and O–H groups in total. The highest BCUT2D eigenvalue weighted by Crippen LogP contribution is 2.12. The molecule has 8 atom stereocenters. The summed E-state index contributed by atoms with van der Waals surface area (Å²) in [5.74, 6) is -2.20. The van der Waals surface area contributed by atoms with Crippen molar-refractivity contribution < 1.29 is 65.4 Å². The van der Waals surface area contributed by atoms with Gasteiger partial charge in [-0.2, -0.15) is 0 Å². The van der Waals surface area contributed by atoms with Crippen LogP contribution in [-0.2, 0) is 14.4 Å². The van der Waals surface area contributed by atoms with Crippen molar-refractivity contribution in [1.29, 1.82) is 0 Å². The lowest BCUT2D eigenvalue weighted by atomic mass is 10.0. The van der Waals surface area contributed by atoms with E-state index >= 15 is 0 Å². The normalized spacial score (nSPS) is 16.4. The summed E-state index contributed by atoms with van der Waals surface area (Å²) < 4.78 is 0. The molecule has 16 nitrogen and oxygen atoms in total. The third-order valence-electron chi connectivity index (χ3n) is 8.86. The highest BCUT2D eigenvalue weighted by Gasteiger charge is 2.35. The number of hydrogen-bond donors (Lipinski definition) is 12. The summed E-state index contributed by atoms with van der Waals surface area (Å²) in [5, 5.41) is 101. The van der Waals surface area contributed by atoms with Crippen LogP contribution >= 0.6 is 0 Å². The summed E-state index contributed by atoms with van der Waals surface area (Å²) in [6, 6.07) is 0. The van der Waals surface area contributed by atoms with Gasteiger partial charge in [-0.3, -0.25) is 14.4 Å². The van der Waals surface area contributed by atoms with Crippen molar-refractivity contribution in [3.05, 3.63) is 12.2 Å². The van der Waals surface area contributed by atoms with E-state index < -0.39 is 73.9 Å². The summed E-state index contributed by atoms with van der Waals surface area (Å²) in [7, 11) is 0. The average Bonchev–Trinajstić information content (AvgIpc) is 3.15. The topological polar surface area (TPSA) is 281 Å². The van der Waals surface area contributed by atoms with E-state index in [0.29, 0.717) is 6.42 Å². The summed E-state index contributed by atoms with van der Waals surface area (Å²) in [5.41, 5.74) is 0. The first-order chi connectivity index (χ1) is 24.8. The molecule has 0 saturated heterocycles. The molecule has 0 radical (unpaired) electrons. The Kier molecular flexibility index (Phi) is 29.8. The highest BCUT2D eigenvalue weighted by atomic mass is 16.4. The minimum atomic E-state index is -2.08. The molecule has 0 bridgehead atoms. The predicted molar refractivity (Wildman–Crippen MR) is 194 cm³/mol. The number of carbonyl (C=O) groups is 3. The molecule has 0 heterocycles. The van der Waals surface area contributed by atoms with Gasteiger partial charge in [-0.15, -0.1) is 0 Å². The summed E-state index contributed by atoms with van der Waals surface area (Å²) >= 11 is 0. The smallest absolute Gasteiger partial charge is 0.251 e. The Morgan fingerprint density at radius 2 is 0.923 bits per heavy atom. The van der Waals surface area contributed by atoms with Gasteiger partial charge in [-0.05, 0) is 44.9 Å². The van der Waals surface area contributed by atoms with Crippen LogP contribution in [0.3, 0.4) is 0 Å². The van der Waals surface area contributed by atoms with Crippen LogP contribution in [0.1, 0.15) is 110 Å². The number of hydrogen-bond acceptors (Lipinski definition) is 13. The van der Waals surface area contributed by atoms with Crippen LogP contribution in [0.15, 0.2) is 12.2 Å². The molecule has 52 heavy (non-hydrogen) atoms. The third kappa shape index (κ3) is 22.1. The minimum Gasteiger partial charge on any atom is -0.394 e. The number of aliphatic hydroxyl groups excluding tert-OH is 10. The van der Waals surface area contributed by atoms with E-state index in [1.807, 2.05) is 0 Å². The number of nitrogens with zero attached hydrogens (tertiary/aromatic N) is 1. The molecule has 0 aliphatic rings. The van der Waals surface area contributed by atoms with Crippen LogP contribution < -0.4 is 10.6 Å². The van der Waals surface area contributed by atoms with Crippen LogP contribution in [0, 0.1) is 0 Å². The summed E-state index contributed by atoms with van der Waals surface area (Å²) in [6.07, 6.45) is 4.17. The van der Waals surface area contributed by atoms with Crippen LogP contribution in [-0.4, -0.2) is 162 Å². The molecule has 0 spiro atoms. The quantitative estimate of drug-likeness (QED) is 0.0276. The SMILES string of the molecule is CCCCCCCC/C=C/CCCCCCCC(=O)N(CCCNC(=O)[C@H](O)[C@@H](O)[C@H](O)[C@H](O)CO)CCCNC(=O)[C@H](O)[C@@H](O)[C@H](O)[C@H](O)CO. The fourth-order valence-electron chi connectivity index (χ4n) is 5.39. The van der Waals surface area contributed by atoms with E-state index in [-0.39, 0.29) is 51.3 Å². The zero-order valence-corrected chi connectivity index (χ0v) is 31.0. The van der Waals surface area contributed by atoms with Gasteiger partial charge in [0.2, 0.25) is 5.91 Å². The third-order valence-corrected chi connectivity index (χ3v) is 8.86. The molecule has 0 saturated carbocycles. The second-order valence-electron chi connectivity index (χ2n) is 13.4. The first-order valence-corrected chi connectivity index (χ1v) is 19.0. The molecule has 306 valence electrons. The number of rotatable bonds is 33. The Hall–Kier alpha value is -2.25. The number of aliphatic hydroxyl groups is 10. The fraction of sp³-hybridized carbons (Fsp3) is 0.861. The van der Waals surface area contributed by atoms with Gasteiger partial charge < -0.3 is 66.6 Å². The van der Waals surface area contributed by atoms with Crippen LogP contribution in [0.2, 0.25) is 0 Å². The molecule has 0 unspecified atom stereocenters. The van der Waals surface area contributed by atoms with E-state index in [9.17, 15) is 55.2 Å². The predicted octanol–water partition coefficient (Wildman–Crippen LogP) is -1.26. The Bertz CT molecular complexity index is 912. The van der Waals surface area contributed by atoms with Crippen molar-refractivity contribution >= 4 is 17.7 Å². The van der Waals surface area contributed by atoms with Gasteiger partial charge >= 0.3 is 0 Å². The molecule has 0 aliphatic carbocycles. The maximum atomic E-state index is 13.1. The lowest BCUT2D eigenvalue weighted by molar-refractivity contribution is -0.149. The molecule has 0 aromatic carbocycles. The van der Waals surface area contributed by atoms with E-state index in [2.05, 4.69) is 29.7 Å². The molecule has 3 amide bonds. The number of amides is 3. The number of unbranched alkanes of at least 4 members (excludes halogenated alkanes) is 11. The van der Waals surface area contributed by atoms with Gasteiger partial charge in [0.15, 0.2) is 12.2 Å². The Balaban J connectivity index is 4.80. The summed E-state index contributed by atoms with van der Waals surface area (Å²) in [6.45, 7) is 0.789. The van der Waals surface area contributed by atoms with Crippen molar-refractivity contribution in [3.8, 4) is 0 Å². The second kappa shape index (κ2) is 31.1. The van der Waals surface area contributed by atoms with E-state index in [4.69, 9.17) is 10.2 Å². The van der Waals surface area contributed by atoms with Crippen LogP contribution in [0.4, 0.5) is 0 Å². The van der Waals surface area contributed by atoms with Crippen molar-refractivity contribution in [1.82, 2.24) is 15.5 Å². The first-order valence-electron chi connectivity index (χ1n) is 19.0. The molecule has 0 aromatic rings. The van der Waals surface area contributed by atoms with Gasteiger partial charge in [0.05, 0.1) is 13.2 Å². The number of nitrogens with one attached hydrogen (secondary N) is 2. The Labute approximate surface area is 308 Å². The largest absolute Gasteiger partial charge is 0.394 e. The molecular weight excluding hydrogens is 682 g/mol. The molecule has 16 heteroatoms. The Morgan fingerprint density at radius 1 is 0.538 bits per heavy atom. The monoisotopic (exact) mass is 751 g/mol. The van der Waals surface area contributed by atoms with Crippen molar-refractivity contribution in [2.45, 2.75) is 158 Å². The zero-order chi connectivity index (χ0) is 39.3. The van der Waals surface area contributed by atoms with Gasteiger partial charge in [-0.1, -0.05) is 70.4 Å². The highest BCUT2D eigenvalue weighted by molar-refractivity contribution is 5.81. The lowest BCUT2D eigenvalue weighted by Gasteiger charge is -2.26. The number of carbonyl (C=O) groups excluding carboxylic acids is 3. The standard InChI is InChI=1S/C36H69N3O13/c1-2-3-4-5-6-7-8-9-10-11-12-13-14-15-16-19-28(44)39(22-17-20-37-35(51)33(49)31(47)29(45)26(42)24-40)23-18-21-38-36(52)34(50)32(48)30(46)27(43)25-41/h9-10,26-27,29-34,40-43,45-50H,2-8,11-25H2,1H3,(H,37,51)(H,38,52)/b10-9+/t26-,27-,29-,30-,31+,32+,33-,34-/m1/s1. The van der Waals surface area contributed by atoms with E-state index in [0.717, 1.165) is 38.5 Å². The minimum absolute atomic E-state index is 0.0126. The zero-order valence-electron chi connectivity index (χ0n) is 31.0. The fourth-order valence-corrected chi connectivity index (χ4v) is 5.39. The average molecular weight is 752 g/mol.